The molecule has 0 spiro atoms. The molecular weight excluding hydrogens is 312 g/mol. The fourth-order valence-corrected chi connectivity index (χ4v) is 4.33. The zero-order valence-corrected chi connectivity index (χ0v) is 13.2. The van der Waals surface area contributed by atoms with Crippen molar-refractivity contribution in [2.45, 2.75) is 26.7 Å². The zero-order valence-electron chi connectivity index (χ0n) is 10.00. The Morgan fingerprint density at radius 1 is 1.12 bits per heavy atom. The monoisotopic (exact) mass is 326 g/mol. The van der Waals surface area contributed by atoms with Gasteiger partial charge in [-0.1, -0.05) is 13.8 Å². The Hall–Kier alpha value is -0.380. The number of rotatable bonds is 4. The second-order valence-electron chi connectivity index (χ2n) is 3.79. The van der Waals surface area contributed by atoms with Crippen LogP contribution < -0.4 is 0 Å². The second kappa shape index (κ2) is 5.98. The minimum absolute atomic E-state index is 1.09. The van der Waals surface area contributed by atoms with Crippen LogP contribution >= 0.6 is 38.6 Å². The lowest BCUT2D eigenvalue weighted by Crippen LogP contribution is -1.78. The van der Waals surface area contributed by atoms with Crippen LogP contribution in [0.25, 0.3) is 12.2 Å². The van der Waals surface area contributed by atoms with Crippen LogP contribution in [0.4, 0.5) is 0 Å². The molecule has 0 aliphatic heterocycles. The van der Waals surface area contributed by atoms with Crippen LogP contribution in [0.3, 0.4) is 0 Å². The van der Waals surface area contributed by atoms with Crippen molar-refractivity contribution < 1.29 is 0 Å². The van der Waals surface area contributed by atoms with E-state index >= 15 is 0 Å². The highest BCUT2D eigenvalue weighted by Gasteiger charge is 2.04. The van der Waals surface area contributed by atoms with E-state index in [2.05, 4.69) is 59.4 Å². The molecule has 0 fully saturated rings. The van der Waals surface area contributed by atoms with Crippen molar-refractivity contribution in [1.29, 1.82) is 0 Å². The quantitative estimate of drug-likeness (QED) is 0.659. The van der Waals surface area contributed by atoms with E-state index < -0.39 is 0 Å². The van der Waals surface area contributed by atoms with Gasteiger partial charge in [0.2, 0.25) is 0 Å². The summed E-state index contributed by atoms with van der Waals surface area (Å²) in [4.78, 5) is 2.76. The molecule has 2 aromatic heterocycles. The Morgan fingerprint density at radius 2 is 1.82 bits per heavy atom. The molecule has 90 valence electrons. The summed E-state index contributed by atoms with van der Waals surface area (Å²) < 4.78 is 1.22. The standard InChI is InChI=1S/C14H15BrS2/c1-3-10-7-8-16-12(10)5-6-13-11(4-2)9-14(15)17-13/h5-9H,3-4H2,1-2H3. The highest BCUT2D eigenvalue weighted by molar-refractivity contribution is 9.11. The lowest BCUT2D eigenvalue weighted by molar-refractivity contribution is 1.15. The van der Waals surface area contributed by atoms with E-state index in [9.17, 15) is 0 Å². The van der Waals surface area contributed by atoms with Crippen LogP contribution in [0, 0.1) is 0 Å². The molecule has 17 heavy (non-hydrogen) atoms. The van der Waals surface area contributed by atoms with Gasteiger partial charge in [-0.25, -0.2) is 0 Å². The van der Waals surface area contributed by atoms with E-state index in [1.165, 1.54) is 24.7 Å². The Labute approximate surface area is 119 Å². The maximum atomic E-state index is 3.56. The van der Waals surface area contributed by atoms with Gasteiger partial charge >= 0.3 is 0 Å². The number of hydrogen-bond donors (Lipinski definition) is 0. The first-order chi connectivity index (χ1) is 8.24. The van der Waals surface area contributed by atoms with Crippen LogP contribution in [0.5, 0.6) is 0 Å². The summed E-state index contributed by atoms with van der Waals surface area (Å²) in [6, 6.07) is 4.44. The van der Waals surface area contributed by atoms with Crippen molar-refractivity contribution >= 4 is 50.8 Å². The molecule has 2 aromatic rings. The molecule has 0 amide bonds. The van der Waals surface area contributed by atoms with Crippen molar-refractivity contribution in [2.75, 3.05) is 0 Å². The number of halogens is 1. The fourth-order valence-electron chi connectivity index (χ4n) is 1.76. The average molecular weight is 327 g/mol. The molecule has 0 aliphatic rings. The molecule has 2 heterocycles. The van der Waals surface area contributed by atoms with Gasteiger partial charge in [-0.05, 0) is 69.6 Å². The van der Waals surface area contributed by atoms with Gasteiger partial charge in [0, 0.05) is 9.75 Å². The number of hydrogen-bond acceptors (Lipinski definition) is 2. The first-order valence-corrected chi connectivity index (χ1v) is 8.26. The van der Waals surface area contributed by atoms with E-state index in [1.807, 2.05) is 22.7 Å². The predicted octanol–water partition coefficient (Wildman–Crippen LogP) is 5.87. The molecule has 0 bridgehead atoms. The van der Waals surface area contributed by atoms with Crippen LogP contribution in [0.15, 0.2) is 21.3 Å². The first-order valence-electron chi connectivity index (χ1n) is 5.77. The summed E-state index contributed by atoms with van der Waals surface area (Å²) in [5.74, 6) is 0. The van der Waals surface area contributed by atoms with Crippen molar-refractivity contribution in [3.05, 3.63) is 42.2 Å². The van der Waals surface area contributed by atoms with Crippen LogP contribution in [-0.4, -0.2) is 0 Å². The Morgan fingerprint density at radius 3 is 2.53 bits per heavy atom. The van der Waals surface area contributed by atoms with E-state index in [-0.39, 0.29) is 0 Å². The van der Waals surface area contributed by atoms with E-state index in [0.717, 1.165) is 12.8 Å². The molecule has 0 aliphatic carbocycles. The summed E-state index contributed by atoms with van der Waals surface area (Å²) in [6.07, 6.45) is 6.70. The Bertz CT molecular complexity index is 520. The van der Waals surface area contributed by atoms with Gasteiger partial charge in [0.25, 0.3) is 0 Å². The maximum absolute atomic E-state index is 3.56. The summed E-state index contributed by atoms with van der Waals surface area (Å²) in [5.41, 5.74) is 2.87. The second-order valence-corrected chi connectivity index (χ2v) is 7.20. The van der Waals surface area contributed by atoms with Crippen molar-refractivity contribution in [3.63, 3.8) is 0 Å². The normalized spacial score (nSPS) is 11.5. The highest BCUT2D eigenvalue weighted by atomic mass is 79.9. The number of thiophene rings is 2. The zero-order chi connectivity index (χ0) is 12.3. The molecule has 0 atom stereocenters. The summed E-state index contributed by atoms with van der Waals surface area (Å²) in [5, 5.41) is 2.17. The summed E-state index contributed by atoms with van der Waals surface area (Å²) in [7, 11) is 0. The van der Waals surface area contributed by atoms with Gasteiger partial charge in [-0.3, -0.25) is 0 Å². The van der Waals surface area contributed by atoms with Gasteiger partial charge in [0.15, 0.2) is 0 Å². The topological polar surface area (TPSA) is 0 Å². The van der Waals surface area contributed by atoms with Gasteiger partial charge in [-0.2, -0.15) is 0 Å². The lowest BCUT2D eigenvalue weighted by atomic mass is 10.1. The third kappa shape index (κ3) is 3.09. The van der Waals surface area contributed by atoms with Gasteiger partial charge in [0.05, 0.1) is 3.79 Å². The first kappa shape index (κ1) is 13.1. The minimum atomic E-state index is 1.09. The molecular formula is C14H15BrS2. The smallest absolute Gasteiger partial charge is 0.0707 e. The van der Waals surface area contributed by atoms with Gasteiger partial charge in [0.1, 0.15) is 0 Å². The van der Waals surface area contributed by atoms with E-state index in [1.54, 1.807) is 0 Å². The van der Waals surface area contributed by atoms with E-state index in [4.69, 9.17) is 0 Å². The molecule has 0 aromatic carbocycles. The third-order valence-corrected chi connectivity index (χ3v) is 5.31. The largest absolute Gasteiger partial charge is 0.144 e. The Kier molecular flexibility index (Phi) is 4.60. The molecule has 0 N–H and O–H groups in total. The summed E-state index contributed by atoms with van der Waals surface area (Å²) in [6.45, 7) is 4.41. The molecule has 2 rings (SSSR count). The summed E-state index contributed by atoms with van der Waals surface area (Å²) >= 11 is 7.19. The maximum Gasteiger partial charge on any atom is 0.0707 e. The van der Waals surface area contributed by atoms with Crippen LogP contribution in [-0.2, 0) is 12.8 Å². The van der Waals surface area contributed by atoms with Crippen molar-refractivity contribution in [3.8, 4) is 0 Å². The van der Waals surface area contributed by atoms with Crippen LogP contribution in [0.1, 0.15) is 34.7 Å². The fraction of sp³-hybridized carbons (Fsp3) is 0.286. The number of aryl methyl sites for hydroxylation is 2. The van der Waals surface area contributed by atoms with Gasteiger partial charge in [-0.15, -0.1) is 22.7 Å². The highest BCUT2D eigenvalue weighted by Crippen LogP contribution is 2.30. The molecule has 0 saturated carbocycles. The molecule has 0 nitrogen and oxygen atoms in total. The predicted molar refractivity (Wildman–Crippen MR) is 84.0 cm³/mol. The average Bonchev–Trinajstić information content (AvgIpc) is 2.91. The SMILES string of the molecule is CCc1ccsc1C=Cc1sc(Br)cc1CC. The molecule has 0 saturated heterocycles. The minimum Gasteiger partial charge on any atom is -0.144 e. The molecule has 3 heteroatoms. The van der Waals surface area contributed by atoms with Crippen molar-refractivity contribution in [1.82, 2.24) is 0 Å². The molecule has 0 radical (unpaired) electrons. The van der Waals surface area contributed by atoms with Gasteiger partial charge < -0.3 is 0 Å². The van der Waals surface area contributed by atoms with Crippen LogP contribution in [0.2, 0.25) is 0 Å². The molecule has 0 unspecified atom stereocenters. The van der Waals surface area contributed by atoms with E-state index in [0.29, 0.717) is 0 Å². The Balaban J connectivity index is 2.25. The lowest BCUT2D eigenvalue weighted by Gasteiger charge is -1.95. The van der Waals surface area contributed by atoms with Crippen molar-refractivity contribution in [2.24, 2.45) is 0 Å². The third-order valence-electron chi connectivity index (χ3n) is 2.74.